The minimum absolute atomic E-state index is 0.102. The summed E-state index contributed by atoms with van der Waals surface area (Å²) < 4.78 is 11.2. The van der Waals surface area contributed by atoms with Crippen LogP contribution in [0.4, 0.5) is 0 Å². The van der Waals surface area contributed by atoms with E-state index in [2.05, 4.69) is 0 Å². The molecule has 0 aliphatic carbocycles. The number of carbonyl (C=O) groups is 1. The average molecular weight is 312 g/mol. The fourth-order valence-corrected chi connectivity index (χ4v) is 1.96. The first-order valence-corrected chi connectivity index (χ1v) is 7.85. The molecule has 0 heterocycles. The molecule has 2 aromatic rings. The van der Waals surface area contributed by atoms with Gasteiger partial charge in [0.2, 0.25) is 0 Å². The van der Waals surface area contributed by atoms with Crippen molar-refractivity contribution in [2.24, 2.45) is 11.3 Å². The van der Waals surface area contributed by atoms with Crippen LogP contribution in [0.2, 0.25) is 0 Å². The maximum atomic E-state index is 12.1. The van der Waals surface area contributed by atoms with E-state index < -0.39 is 0 Å². The maximum Gasteiger partial charge on any atom is 0.309 e. The molecule has 0 N–H and O–H groups in total. The van der Waals surface area contributed by atoms with E-state index in [1.54, 1.807) is 0 Å². The Morgan fingerprint density at radius 2 is 1.65 bits per heavy atom. The number of para-hydroxylation sites is 1. The van der Waals surface area contributed by atoms with Crippen LogP contribution in [-0.4, -0.2) is 5.97 Å². The third-order valence-corrected chi connectivity index (χ3v) is 3.91. The molecule has 0 radical (unpaired) electrons. The van der Waals surface area contributed by atoms with Crippen LogP contribution < -0.4 is 4.74 Å². The first kappa shape index (κ1) is 17.1. The van der Waals surface area contributed by atoms with Gasteiger partial charge in [0, 0.05) is 0 Å². The van der Waals surface area contributed by atoms with E-state index in [-0.39, 0.29) is 23.9 Å². The fourth-order valence-electron chi connectivity index (χ4n) is 1.96. The molecule has 3 nitrogen and oxygen atoms in total. The van der Waals surface area contributed by atoms with E-state index >= 15 is 0 Å². The van der Waals surface area contributed by atoms with Crippen LogP contribution in [0.25, 0.3) is 0 Å². The second-order valence-corrected chi connectivity index (χ2v) is 6.76. The minimum atomic E-state index is -0.174. The second-order valence-electron chi connectivity index (χ2n) is 6.76. The van der Waals surface area contributed by atoms with Crippen LogP contribution in [0.3, 0.4) is 0 Å². The monoisotopic (exact) mass is 312 g/mol. The lowest BCUT2D eigenvalue weighted by Gasteiger charge is -2.25. The van der Waals surface area contributed by atoms with Gasteiger partial charge in [0.15, 0.2) is 0 Å². The molecule has 23 heavy (non-hydrogen) atoms. The molecule has 0 aromatic heterocycles. The van der Waals surface area contributed by atoms with E-state index in [0.29, 0.717) is 0 Å². The van der Waals surface area contributed by atoms with Crippen molar-refractivity contribution in [1.29, 1.82) is 0 Å². The van der Waals surface area contributed by atoms with Gasteiger partial charge in [-0.25, -0.2) is 0 Å². The Balaban J connectivity index is 1.97. The van der Waals surface area contributed by atoms with Crippen molar-refractivity contribution < 1.29 is 14.3 Å². The molecule has 0 saturated carbocycles. The molecule has 122 valence electrons. The van der Waals surface area contributed by atoms with Crippen molar-refractivity contribution in [3.63, 3.8) is 0 Å². The largest absolute Gasteiger partial charge is 0.461 e. The van der Waals surface area contributed by atoms with Crippen LogP contribution in [0.5, 0.6) is 11.5 Å². The van der Waals surface area contributed by atoms with Gasteiger partial charge in [-0.2, -0.15) is 0 Å². The number of hydrogen-bond acceptors (Lipinski definition) is 3. The summed E-state index contributed by atoms with van der Waals surface area (Å²) in [7, 11) is 0. The van der Waals surface area contributed by atoms with Gasteiger partial charge >= 0.3 is 5.97 Å². The van der Waals surface area contributed by atoms with E-state index in [1.165, 1.54) is 0 Å². The molecule has 2 aromatic carbocycles. The summed E-state index contributed by atoms with van der Waals surface area (Å²) in [4.78, 5) is 12.1. The van der Waals surface area contributed by atoms with Crippen LogP contribution in [-0.2, 0) is 16.1 Å². The molecule has 2 rings (SSSR count). The molecule has 0 fully saturated rings. The molecule has 1 unspecified atom stereocenters. The first-order valence-electron chi connectivity index (χ1n) is 7.85. The summed E-state index contributed by atoms with van der Waals surface area (Å²) in [6, 6.07) is 17.2. The smallest absolute Gasteiger partial charge is 0.309 e. The average Bonchev–Trinajstić information content (AvgIpc) is 2.52. The predicted octanol–water partition coefficient (Wildman–Crippen LogP) is 5.20. The van der Waals surface area contributed by atoms with Gasteiger partial charge in [-0.05, 0) is 35.2 Å². The van der Waals surface area contributed by atoms with Crippen molar-refractivity contribution in [3.8, 4) is 11.5 Å². The van der Waals surface area contributed by atoms with E-state index in [1.807, 2.05) is 82.3 Å². The van der Waals surface area contributed by atoms with Crippen molar-refractivity contribution in [3.05, 3.63) is 60.2 Å². The highest BCUT2D eigenvalue weighted by atomic mass is 16.5. The molecule has 3 heteroatoms. The second kappa shape index (κ2) is 7.32. The lowest BCUT2D eigenvalue weighted by atomic mass is 9.82. The van der Waals surface area contributed by atoms with Crippen LogP contribution >= 0.6 is 0 Å². The standard InChI is InChI=1S/C20H24O3/c1-15(20(2,3)4)19(21)22-14-16-9-8-12-18(13-16)23-17-10-6-5-7-11-17/h5-13,15H,14H2,1-4H3. The Morgan fingerprint density at radius 3 is 2.30 bits per heavy atom. The Morgan fingerprint density at radius 1 is 1.00 bits per heavy atom. The number of benzene rings is 2. The number of esters is 1. The highest BCUT2D eigenvalue weighted by Crippen LogP contribution is 2.27. The van der Waals surface area contributed by atoms with Gasteiger partial charge in [0.1, 0.15) is 18.1 Å². The Labute approximate surface area is 138 Å². The number of hydrogen-bond donors (Lipinski definition) is 0. The van der Waals surface area contributed by atoms with Gasteiger partial charge in [0.25, 0.3) is 0 Å². The quantitative estimate of drug-likeness (QED) is 0.711. The van der Waals surface area contributed by atoms with Gasteiger partial charge in [0.05, 0.1) is 5.92 Å². The molecule has 0 spiro atoms. The third kappa shape index (κ3) is 5.13. The van der Waals surface area contributed by atoms with Gasteiger partial charge in [-0.3, -0.25) is 4.79 Å². The first-order chi connectivity index (χ1) is 10.9. The minimum Gasteiger partial charge on any atom is -0.461 e. The lowest BCUT2D eigenvalue weighted by molar-refractivity contribution is -0.152. The lowest BCUT2D eigenvalue weighted by Crippen LogP contribution is -2.27. The Bertz CT molecular complexity index is 641. The summed E-state index contributed by atoms with van der Waals surface area (Å²) in [6.07, 6.45) is 0. The molecule has 0 aliphatic heterocycles. The normalized spacial score (nSPS) is 12.5. The summed E-state index contributed by atoms with van der Waals surface area (Å²) >= 11 is 0. The molecule has 1 atom stereocenters. The van der Waals surface area contributed by atoms with Crippen LogP contribution in [0.1, 0.15) is 33.3 Å². The van der Waals surface area contributed by atoms with Crippen molar-refractivity contribution in [2.45, 2.75) is 34.3 Å². The van der Waals surface area contributed by atoms with E-state index in [4.69, 9.17) is 9.47 Å². The number of ether oxygens (including phenoxy) is 2. The SMILES string of the molecule is CC(C(=O)OCc1cccc(Oc2ccccc2)c1)C(C)(C)C. The highest BCUT2D eigenvalue weighted by Gasteiger charge is 2.27. The highest BCUT2D eigenvalue weighted by molar-refractivity contribution is 5.72. The van der Waals surface area contributed by atoms with Gasteiger partial charge < -0.3 is 9.47 Å². The summed E-state index contributed by atoms with van der Waals surface area (Å²) in [5, 5.41) is 0. The van der Waals surface area contributed by atoms with Crippen LogP contribution in [0.15, 0.2) is 54.6 Å². The van der Waals surface area contributed by atoms with Crippen molar-refractivity contribution in [2.75, 3.05) is 0 Å². The zero-order chi connectivity index (χ0) is 16.9. The molecule has 0 aliphatic rings. The van der Waals surface area contributed by atoms with Crippen molar-refractivity contribution >= 4 is 5.97 Å². The van der Waals surface area contributed by atoms with E-state index in [9.17, 15) is 4.79 Å². The van der Waals surface area contributed by atoms with Gasteiger partial charge in [-0.15, -0.1) is 0 Å². The molecular weight excluding hydrogens is 288 g/mol. The zero-order valence-electron chi connectivity index (χ0n) is 14.2. The zero-order valence-corrected chi connectivity index (χ0v) is 14.2. The summed E-state index contributed by atoms with van der Waals surface area (Å²) in [5.74, 6) is 1.19. The van der Waals surface area contributed by atoms with Crippen LogP contribution in [0, 0.1) is 11.3 Å². The van der Waals surface area contributed by atoms with Gasteiger partial charge in [-0.1, -0.05) is 58.0 Å². The summed E-state index contributed by atoms with van der Waals surface area (Å²) in [6.45, 7) is 8.26. The Kier molecular flexibility index (Phi) is 5.43. The number of rotatable bonds is 5. The number of carbonyl (C=O) groups excluding carboxylic acids is 1. The third-order valence-electron chi connectivity index (χ3n) is 3.91. The molecule has 0 bridgehead atoms. The molecular formula is C20H24O3. The van der Waals surface area contributed by atoms with Crippen molar-refractivity contribution in [1.82, 2.24) is 0 Å². The van der Waals surface area contributed by atoms with E-state index in [0.717, 1.165) is 17.1 Å². The fraction of sp³-hybridized carbons (Fsp3) is 0.350. The predicted molar refractivity (Wildman–Crippen MR) is 91.4 cm³/mol. The Hall–Kier alpha value is -2.29. The molecule has 0 amide bonds. The summed E-state index contributed by atoms with van der Waals surface area (Å²) in [5.41, 5.74) is 0.808. The topological polar surface area (TPSA) is 35.5 Å². The molecule has 0 saturated heterocycles. The maximum absolute atomic E-state index is 12.1.